The molecule has 77 heavy (non-hydrogen) atoms. The first-order valence-electron chi connectivity index (χ1n) is 23.9. The van der Waals surface area contributed by atoms with Crippen LogP contribution in [0.2, 0.25) is 0 Å². The fourth-order valence-electron chi connectivity index (χ4n) is 8.86. The fourth-order valence-corrected chi connectivity index (χ4v) is 8.86. The summed E-state index contributed by atoms with van der Waals surface area (Å²) in [7, 11) is 0. The normalized spacial score (nSPS) is 34.8. The molecule has 4 fully saturated rings. The summed E-state index contributed by atoms with van der Waals surface area (Å²) >= 11 is 0. The van der Waals surface area contributed by atoms with Crippen LogP contribution in [0, 0.1) is 0 Å². The maximum Gasteiger partial charge on any atom is 0.303 e. The second kappa shape index (κ2) is 28.4. The van der Waals surface area contributed by atoms with E-state index in [4.69, 9.17) is 75.8 Å². The summed E-state index contributed by atoms with van der Waals surface area (Å²) in [5, 5.41) is 27.3. The molecule has 0 aliphatic carbocycles. The largest absolute Gasteiger partial charge is 0.463 e. The Labute approximate surface area is 439 Å². The summed E-state index contributed by atoms with van der Waals surface area (Å²) < 4.78 is 93.4. The minimum absolute atomic E-state index is 0.714. The molecule has 0 spiro atoms. The van der Waals surface area contributed by atoms with Crippen molar-refractivity contribution in [2.45, 2.75) is 206 Å². The predicted octanol–water partition coefficient (Wildman–Crippen LogP) is -3.30. The van der Waals surface area contributed by atoms with Gasteiger partial charge in [0.25, 0.3) is 0 Å². The zero-order valence-electron chi connectivity index (χ0n) is 44.1. The van der Waals surface area contributed by atoms with Crippen LogP contribution in [0.4, 0.5) is 0 Å². The van der Waals surface area contributed by atoms with Gasteiger partial charge < -0.3 is 96.6 Å². The first-order valence-corrected chi connectivity index (χ1v) is 23.9. The molecular formula is C46H66N2O29. The Balaban J connectivity index is 1.98. The molecule has 0 aromatic carbocycles. The molecule has 2 amide bonds. The highest BCUT2D eigenvalue weighted by atomic mass is 16.8. The lowest BCUT2D eigenvalue weighted by molar-refractivity contribution is -0.381. The first kappa shape index (κ1) is 63.3. The summed E-state index contributed by atoms with van der Waals surface area (Å²) in [6.07, 6.45) is -32.4. The van der Waals surface area contributed by atoms with Gasteiger partial charge in [-0.05, 0) is 6.92 Å². The van der Waals surface area contributed by atoms with Gasteiger partial charge in [-0.1, -0.05) is 0 Å². The Morgan fingerprint density at radius 2 is 0.740 bits per heavy atom. The van der Waals surface area contributed by atoms with Gasteiger partial charge in [0.05, 0.1) is 12.7 Å². The number of aliphatic hydroxyl groups excluding tert-OH is 2. The Hall–Kier alpha value is -6.19. The van der Waals surface area contributed by atoms with Gasteiger partial charge in [0.2, 0.25) is 11.8 Å². The van der Waals surface area contributed by atoms with Gasteiger partial charge in [0, 0.05) is 76.2 Å². The monoisotopic (exact) mass is 1110 g/mol. The number of amides is 2. The molecule has 4 aliphatic heterocycles. The third-order valence-corrected chi connectivity index (χ3v) is 11.4. The van der Waals surface area contributed by atoms with E-state index < -0.39 is 208 Å². The third kappa shape index (κ3) is 17.9. The number of carbonyl (C=O) groups is 11. The molecule has 20 atom stereocenters. The molecule has 0 aromatic heterocycles. The van der Waals surface area contributed by atoms with Gasteiger partial charge in [-0.2, -0.15) is 0 Å². The highest BCUT2D eigenvalue weighted by Crippen LogP contribution is 2.39. The quantitative estimate of drug-likeness (QED) is 0.0685. The lowest BCUT2D eigenvalue weighted by Gasteiger charge is -2.51. The molecule has 0 saturated carbocycles. The molecule has 0 unspecified atom stereocenters. The summed E-state index contributed by atoms with van der Waals surface area (Å²) in [5.74, 6) is -10.3. The van der Waals surface area contributed by atoms with Crippen LogP contribution in [-0.4, -0.2) is 218 Å². The van der Waals surface area contributed by atoms with Crippen LogP contribution in [0.1, 0.15) is 83.1 Å². The van der Waals surface area contributed by atoms with Crippen LogP contribution in [0.5, 0.6) is 0 Å². The van der Waals surface area contributed by atoms with Crippen molar-refractivity contribution in [3.8, 4) is 0 Å². The molecule has 4 aliphatic rings. The molecule has 434 valence electrons. The van der Waals surface area contributed by atoms with Crippen LogP contribution in [0.15, 0.2) is 0 Å². The van der Waals surface area contributed by atoms with Gasteiger partial charge in [0.1, 0.15) is 61.9 Å². The van der Waals surface area contributed by atoms with Crippen molar-refractivity contribution in [3.63, 3.8) is 0 Å². The van der Waals surface area contributed by atoms with E-state index in [1.165, 1.54) is 6.92 Å². The number of rotatable bonds is 20. The van der Waals surface area contributed by atoms with Crippen LogP contribution in [-0.2, 0) is 129 Å². The molecule has 31 nitrogen and oxygen atoms in total. The highest BCUT2D eigenvalue weighted by molar-refractivity contribution is 5.74. The summed E-state index contributed by atoms with van der Waals surface area (Å²) in [6, 6.07) is -3.46. The number of nitrogens with one attached hydrogen (secondary N) is 2. The minimum Gasteiger partial charge on any atom is -0.463 e. The van der Waals surface area contributed by atoms with Crippen molar-refractivity contribution in [2.75, 3.05) is 19.8 Å². The lowest BCUT2D eigenvalue weighted by atomic mass is 9.93. The summed E-state index contributed by atoms with van der Waals surface area (Å²) in [5.41, 5.74) is 0. The van der Waals surface area contributed by atoms with Crippen molar-refractivity contribution in [3.05, 3.63) is 0 Å². The Bertz CT molecular complexity index is 2160. The van der Waals surface area contributed by atoms with Crippen molar-refractivity contribution in [1.82, 2.24) is 10.6 Å². The summed E-state index contributed by atoms with van der Waals surface area (Å²) in [6.45, 7) is 9.80. The Kier molecular flexibility index (Phi) is 23.4. The number of hydrogen-bond acceptors (Lipinski definition) is 29. The van der Waals surface area contributed by atoms with Crippen LogP contribution in [0.3, 0.4) is 0 Å². The first-order chi connectivity index (χ1) is 36.0. The second-order valence-corrected chi connectivity index (χ2v) is 17.9. The number of carbonyl (C=O) groups excluding carboxylic acids is 11. The number of ether oxygens (including phenoxy) is 16. The van der Waals surface area contributed by atoms with E-state index in [1.807, 2.05) is 0 Å². The lowest BCUT2D eigenvalue weighted by Crippen LogP contribution is -2.71. The molecular weight excluding hydrogens is 1040 g/mol. The van der Waals surface area contributed by atoms with Gasteiger partial charge in [0.15, 0.2) is 67.9 Å². The predicted molar refractivity (Wildman–Crippen MR) is 242 cm³/mol. The highest BCUT2D eigenvalue weighted by Gasteiger charge is 2.60. The van der Waals surface area contributed by atoms with E-state index in [9.17, 15) is 63.0 Å². The van der Waals surface area contributed by atoms with Gasteiger partial charge in [-0.25, -0.2) is 0 Å². The Morgan fingerprint density at radius 3 is 1.19 bits per heavy atom. The number of aliphatic hydroxyl groups is 2. The molecule has 0 radical (unpaired) electrons. The van der Waals surface area contributed by atoms with Gasteiger partial charge >= 0.3 is 53.7 Å². The summed E-state index contributed by atoms with van der Waals surface area (Å²) in [4.78, 5) is 139. The van der Waals surface area contributed by atoms with Gasteiger partial charge in [-0.3, -0.25) is 52.7 Å². The molecule has 4 N–H and O–H groups in total. The topological polar surface area (TPSA) is 400 Å². The third-order valence-electron chi connectivity index (χ3n) is 11.4. The Morgan fingerprint density at radius 1 is 0.377 bits per heavy atom. The van der Waals surface area contributed by atoms with Crippen molar-refractivity contribution in [2.24, 2.45) is 0 Å². The maximum absolute atomic E-state index is 13.3. The average molecular weight is 1110 g/mol. The SMILES string of the molecule is CC(=O)N[C@@H]1[C@@H](O[C@@H]2O[C@@H](C)[C@@H](OC(C)=O)[C@@H](OC(C)=O)[C@@H]2OC(C)=O)[C@H](O[C@@H]2O[C@H](COC(C)=O)[C@H](OC(C)=O)[C@H](O[C@H]3O[C@H](COC(C)=O)[C@H](OC(C)=O)[C@H](OC(C)=O)[C@H]3NC(C)=O)[C@H]2OC(C)=O)[C@@H](CO)O[C@H]1O. The molecule has 4 rings (SSSR count). The standard InChI is InChI=1S/C46H66N2O29/c1-16-33(65-21(6)54)39(69-25(10)58)41(70-26(11)59)45(64-16)76-37-31(47-17(2)50)43(61)72-28(13-49)34(37)75-46-42(71-27(12)60)40(36(67-23(8)56)30(74-46)15-63-20(5)53)77-44-32(48-18(3)51)38(68-24(9)57)35(66-22(7)55)29(73-44)14-62-19(4)52/h16,28-46,49,61H,13-15H2,1-12H3,(H,47,50)(H,48,51)/t16-,28+,29+,30+,31+,32+,33+,34+,35-,36-,37+,38+,39+,40-,41-,42+,43+,44+,45-,46-/m0/s1. The fraction of sp³-hybridized carbons (Fsp3) is 0.761. The second-order valence-electron chi connectivity index (χ2n) is 17.9. The van der Waals surface area contributed by atoms with Crippen molar-refractivity contribution in [1.29, 1.82) is 0 Å². The zero-order valence-corrected chi connectivity index (χ0v) is 44.1. The van der Waals surface area contributed by atoms with Crippen molar-refractivity contribution < 1.29 is 139 Å². The number of esters is 9. The average Bonchev–Trinajstić information content (AvgIpc) is 3.29. The van der Waals surface area contributed by atoms with Crippen LogP contribution in [0.25, 0.3) is 0 Å². The number of hydrogen-bond donors (Lipinski definition) is 4. The van der Waals surface area contributed by atoms with E-state index in [0.717, 1.165) is 76.2 Å². The maximum atomic E-state index is 13.3. The minimum atomic E-state index is -2.14. The van der Waals surface area contributed by atoms with E-state index in [-0.39, 0.29) is 0 Å². The van der Waals surface area contributed by atoms with Crippen molar-refractivity contribution >= 4 is 65.5 Å². The van der Waals surface area contributed by atoms with E-state index in [0.29, 0.717) is 0 Å². The smallest absolute Gasteiger partial charge is 0.303 e. The van der Waals surface area contributed by atoms with E-state index >= 15 is 0 Å². The van der Waals surface area contributed by atoms with Crippen LogP contribution < -0.4 is 10.6 Å². The molecule has 4 heterocycles. The van der Waals surface area contributed by atoms with E-state index in [2.05, 4.69) is 10.6 Å². The molecule has 31 heteroatoms. The molecule has 4 saturated heterocycles. The van der Waals surface area contributed by atoms with Gasteiger partial charge in [-0.15, -0.1) is 0 Å². The molecule has 0 aromatic rings. The molecule has 0 bridgehead atoms. The van der Waals surface area contributed by atoms with Crippen LogP contribution >= 0.6 is 0 Å². The van der Waals surface area contributed by atoms with E-state index in [1.54, 1.807) is 0 Å². The zero-order chi connectivity index (χ0) is 57.7.